The summed E-state index contributed by atoms with van der Waals surface area (Å²) < 4.78 is 0. The highest BCUT2D eigenvalue weighted by molar-refractivity contribution is 7.14. The number of nitrogens with zero attached hydrogens (tertiary/aromatic N) is 3. The lowest BCUT2D eigenvalue weighted by atomic mass is 10.1. The van der Waals surface area contributed by atoms with Gasteiger partial charge in [-0.2, -0.15) is 0 Å². The van der Waals surface area contributed by atoms with Crippen molar-refractivity contribution in [2.75, 3.05) is 5.32 Å². The Hall–Kier alpha value is -2.79. The van der Waals surface area contributed by atoms with Gasteiger partial charge >= 0.3 is 0 Å². The number of aromatic nitrogens is 3. The average molecular weight is 332 g/mol. The number of benzene rings is 2. The first-order valence-electron chi connectivity index (χ1n) is 7.77. The molecule has 0 spiro atoms. The number of aryl methyl sites for hydroxylation is 1. The lowest BCUT2D eigenvalue weighted by Crippen LogP contribution is -2.00. The fourth-order valence-corrected chi connectivity index (χ4v) is 3.46. The zero-order valence-corrected chi connectivity index (χ0v) is 14.0. The van der Waals surface area contributed by atoms with Crippen LogP contribution in [0, 0.1) is 6.92 Å². The van der Waals surface area contributed by atoms with Gasteiger partial charge in [0.15, 0.2) is 0 Å². The van der Waals surface area contributed by atoms with E-state index in [1.165, 1.54) is 5.56 Å². The van der Waals surface area contributed by atoms with Gasteiger partial charge in [-0.25, -0.2) is 0 Å². The number of hydrogen-bond donors (Lipinski definition) is 1. The zero-order valence-electron chi connectivity index (χ0n) is 13.2. The van der Waals surface area contributed by atoms with Gasteiger partial charge in [0.25, 0.3) is 0 Å². The quantitative estimate of drug-likeness (QED) is 0.590. The molecule has 0 bridgehead atoms. The third-order valence-electron chi connectivity index (χ3n) is 3.89. The van der Waals surface area contributed by atoms with Crippen molar-refractivity contribution < 1.29 is 0 Å². The first-order valence-corrected chi connectivity index (χ1v) is 8.59. The van der Waals surface area contributed by atoms with E-state index in [-0.39, 0.29) is 0 Å². The van der Waals surface area contributed by atoms with Crippen molar-refractivity contribution >= 4 is 27.9 Å². The second-order valence-electron chi connectivity index (χ2n) is 5.55. The maximum atomic E-state index is 4.47. The normalized spacial score (nSPS) is 10.9. The number of pyridine rings is 1. The van der Waals surface area contributed by atoms with Crippen LogP contribution in [0.3, 0.4) is 0 Å². The number of para-hydroxylation sites is 1. The van der Waals surface area contributed by atoms with Gasteiger partial charge in [0, 0.05) is 22.8 Å². The SMILES string of the molecule is Cc1cccc2c(NCc3nnc(-c4ccccc4)s3)ccnc12. The number of fused-ring (bicyclic) bond motifs is 1. The standard InChI is InChI=1S/C19H16N4S/c1-13-6-5-9-15-16(10-11-20-18(13)15)21-12-17-22-23-19(24-17)14-7-3-2-4-8-14/h2-11H,12H2,1H3,(H,20,21). The van der Waals surface area contributed by atoms with Gasteiger partial charge in [0.1, 0.15) is 10.0 Å². The van der Waals surface area contributed by atoms with E-state index in [4.69, 9.17) is 0 Å². The molecule has 1 N–H and O–H groups in total. The zero-order chi connectivity index (χ0) is 16.4. The predicted molar refractivity (Wildman–Crippen MR) is 99.2 cm³/mol. The topological polar surface area (TPSA) is 50.7 Å². The summed E-state index contributed by atoms with van der Waals surface area (Å²) in [4.78, 5) is 4.47. The molecular formula is C19H16N4S. The summed E-state index contributed by atoms with van der Waals surface area (Å²) in [5, 5.41) is 15.1. The molecule has 0 aliphatic rings. The Balaban J connectivity index is 1.56. The van der Waals surface area contributed by atoms with Gasteiger partial charge in [-0.1, -0.05) is 59.9 Å². The molecule has 24 heavy (non-hydrogen) atoms. The number of rotatable bonds is 4. The van der Waals surface area contributed by atoms with Gasteiger partial charge < -0.3 is 5.32 Å². The van der Waals surface area contributed by atoms with E-state index in [0.29, 0.717) is 6.54 Å². The summed E-state index contributed by atoms with van der Waals surface area (Å²) in [7, 11) is 0. The predicted octanol–water partition coefficient (Wildman–Crippen LogP) is 4.67. The number of nitrogens with one attached hydrogen (secondary N) is 1. The summed E-state index contributed by atoms with van der Waals surface area (Å²) >= 11 is 1.61. The third kappa shape index (κ3) is 2.86. The van der Waals surface area contributed by atoms with Crippen LogP contribution in [0.25, 0.3) is 21.5 Å². The van der Waals surface area contributed by atoms with Crippen LogP contribution in [0.1, 0.15) is 10.6 Å². The Kier molecular flexibility index (Phi) is 3.92. The molecule has 118 valence electrons. The monoisotopic (exact) mass is 332 g/mol. The fourth-order valence-electron chi connectivity index (χ4n) is 2.67. The van der Waals surface area contributed by atoms with Crippen molar-refractivity contribution in [1.82, 2.24) is 15.2 Å². The van der Waals surface area contributed by atoms with Crippen LogP contribution in [-0.4, -0.2) is 15.2 Å². The lowest BCUT2D eigenvalue weighted by Gasteiger charge is -2.09. The van der Waals surface area contributed by atoms with Crippen molar-refractivity contribution in [3.8, 4) is 10.6 Å². The summed E-state index contributed by atoms with van der Waals surface area (Å²) in [6, 6.07) is 18.4. The first-order chi connectivity index (χ1) is 11.8. The number of hydrogen-bond acceptors (Lipinski definition) is 5. The summed E-state index contributed by atoms with van der Waals surface area (Å²) in [5.41, 5.74) is 4.38. The second-order valence-corrected chi connectivity index (χ2v) is 6.61. The molecule has 0 atom stereocenters. The van der Waals surface area contributed by atoms with Crippen LogP contribution in [0.2, 0.25) is 0 Å². The van der Waals surface area contributed by atoms with Crippen LogP contribution < -0.4 is 5.32 Å². The Morgan fingerprint density at radius 1 is 0.958 bits per heavy atom. The van der Waals surface area contributed by atoms with Crippen molar-refractivity contribution in [3.63, 3.8) is 0 Å². The molecule has 5 heteroatoms. The molecule has 0 saturated carbocycles. The molecule has 2 heterocycles. The highest BCUT2D eigenvalue weighted by Gasteiger charge is 2.08. The van der Waals surface area contributed by atoms with Crippen molar-refractivity contribution in [2.45, 2.75) is 13.5 Å². The lowest BCUT2D eigenvalue weighted by molar-refractivity contribution is 0.993. The van der Waals surface area contributed by atoms with E-state index < -0.39 is 0 Å². The molecule has 0 aliphatic heterocycles. The molecule has 4 rings (SSSR count). The minimum Gasteiger partial charge on any atom is -0.378 e. The average Bonchev–Trinajstić information content (AvgIpc) is 3.10. The smallest absolute Gasteiger partial charge is 0.147 e. The largest absolute Gasteiger partial charge is 0.378 e. The Morgan fingerprint density at radius 3 is 2.71 bits per heavy atom. The molecule has 0 unspecified atom stereocenters. The van der Waals surface area contributed by atoms with Gasteiger partial charge in [-0.05, 0) is 18.6 Å². The van der Waals surface area contributed by atoms with E-state index in [1.54, 1.807) is 11.3 Å². The molecule has 2 aromatic carbocycles. The van der Waals surface area contributed by atoms with Crippen LogP contribution >= 0.6 is 11.3 Å². The maximum Gasteiger partial charge on any atom is 0.147 e. The Bertz CT molecular complexity index is 979. The van der Waals surface area contributed by atoms with Gasteiger partial charge in [-0.3, -0.25) is 4.98 Å². The third-order valence-corrected chi connectivity index (χ3v) is 4.86. The highest BCUT2D eigenvalue weighted by atomic mass is 32.1. The minimum atomic E-state index is 0.650. The van der Waals surface area contributed by atoms with E-state index in [2.05, 4.69) is 57.8 Å². The van der Waals surface area contributed by atoms with Crippen molar-refractivity contribution in [2.24, 2.45) is 0 Å². The van der Waals surface area contributed by atoms with Crippen molar-refractivity contribution in [1.29, 1.82) is 0 Å². The van der Waals surface area contributed by atoms with Crippen LogP contribution in [0.4, 0.5) is 5.69 Å². The Morgan fingerprint density at radius 2 is 1.83 bits per heavy atom. The van der Waals surface area contributed by atoms with Crippen molar-refractivity contribution in [3.05, 3.63) is 71.4 Å². The van der Waals surface area contributed by atoms with E-state index >= 15 is 0 Å². The molecule has 0 fully saturated rings. The molecule has 0 amide bonds. The summed E-state index contributed by atoms with van der Waals surface area (Å²) in [6.45, 7) is 2.73. The molecule has 0 saturated heterocycles. The van der Waals surface area contributed by atoms with Crippen LogP contribution in [-0.2, 0) is 6.54 Å². The van der Waals surface area contributed by atoms with Gasteiger partial charge in [0.05, 0.1) is 12.1 Å². The number of anilines is 1. The van der Waals surface area contributed by atoms with E-state index in [1.807, 2.05) is 30.5 Å². The van der Waals surface area contributed by atoms with Crippen LogP contribution in [0.5, 0.6) is 0 Å². The minimum absolute atomic E-state index is 0.650. The summed E-state index contributed by atoms with van der Waals surface area (Å²) in [5.74, 6) is 0. The maximum absolute atomic E-state index is 4.47. The molecule has 0 radical (unpaired) electrons. The second kappa shape index (κ2) is 6.37. The van der Waals surface area contributed by atoms with E-state index in [9.17, 15) is 0 Å². The fraction of sp³-hybridized carbons (Fsp3) is 0.105. The van der Waals surface area contributed by atoms with Gasteiger partial charge in [-0.15, -0.1) is 10.2 Å². The van der Waals surface area contributed by atoms with Gasteiger partial charge in [0.2, 0.25) is 0 Å². The molecule has 4 nitrogen and oxygen atoms in total. The van der Waals surface area contributed by atoms with E-state index in [0.717, 1.165) is 32.2 Å². The Labute approximate surface area is 144 Å². The first kappa shape index (κ1) is 14.8. The molecule has 4 aromatic rings. The summed E-state index contributed by atoms with van der Waals surface area (Å²) in [6.07, 6.45) is 1.84. The molecule has 2 aromatic heterocycles. The molecule has 0 aliphatic carbocycles. The van der Waals surface area contributed by atoms with Crippen LogP contribution in [0.15, 0.2) is 60.8 Å². The highest BCUT2D eigenvalue weighted by Crippen LogP contribution is 2.26. The molecular weight excluding hydrogens is 316 g/mol.